The second kappa shape index (κ2) is 10.1. The van der Waals surface area contributed by atoms with Gasteiger partial charge in [-0.2, -0.15) is 0 Å². The highest BCUT2D eigenvalue weighted by Gasteiger charge is 2.14. The monoisotopic (exact) mass is 403 g/mol. The Balaban J connectivity index is 1.42. The molecule has 148 valence electrons. The van der Waals surface area contributed by atoms with E-state index in [2.05, 4.69) is 10.6 Å². The molecule has 28 heavy (non-hydrogen) atoms. The summed E-state index contributed by atoms with van der Waals surface area (Å²) in [6, 6.07) is 13.7. The van der Waals surface area contributed by atoms with Crippen molar-refractivity contribution in [2.75, 3.05) is 50.1 Å². The largest absolute Gasteiger partial charge is 0.484 e. The van der Waals surface area contributed by atoms with Gasteiger partial charge >= 0.3 is 0 Å². The molecular weight excluding hydrogens is 382 g/mol. The number of benzene rings is 2. The van der Waals surface area contributed by atoms with E-state index < -0.39 is 0 Å². The molecule has 1 fully saturated rings. The summed E-state index contributed by atoms with van der Waals surface area (Å²) in [6.07, 6.45) is 0. The van der Waals surface area contributed by atoms with Crippen LogP contribution in [0, 0.1) is 0 Å². The molecule has 2 amide bonds. The summed E-state index contributed by atoms with van der Waals surface area (Å²) in [5.74, 6) is 0.215. The number of nitrogens with one attached hydrogen (secondary N) is 2. The number of amides is 2. The summed E-state index contributed by atoms with van der Waals surface area (Å²) in [6.45, 7) is 3.06. The molecule has 0 aromatic heterocycles. The predicted molar refractivity (Wildman–Crippen MR) is 108 cm³/mol. The van der Waals surface area contributed by atoms with Gasteiger partial charge in [0.05, 0.1) is 19.8 Å². The zero-order valence-electron chi connectivity index (χ0n) is 15.3. The van der Waals surface area contributed by atoms with Crippen molar-refractivity contribution in [3.05, 3.63) is 53.6 Å². The number of nitrogens with zero attached hydrogens (tertiary/aromatic N) is 1. The van der Waals surface area contributed by atoms with Gasteiger partial charge in [0.2, 0.25) is 5.91 Å². The van der Waals surface area contributed by atoms with Gasteiger partial charge in [0.25, 0.3) is 5.91 Å². The molecule has 1 heterocycles. The third-order valence-corrected chi connectivity index (χ3v) is 4.36. The summed E-state index contributed by atoms with van der Waals surface area (Å²) in [5, 5.41) is 6.20. The molecule has 1 aliphatic heterocycles. The zero-order chi connectivity index (χ0) is 19.8. The van der Waals surface area contributed by atoms with E-state index in [1.807, 2.05) is 4.90 Å². The highest BCUT2D eigenvalue weighted by molar-refractivity contribution is 6.30. The number of halogens is 1. The third kappa shape index (κ3) is 6.53. The van der Waals surface area contributed by atoms with Crippen molar-refractivity contribution in [2.45, 2.75) is 0 Å². The highest BCUT2D eigenvalue weighted by atomic mass is 35.5. The summed E-state index contributed by atoms with van der Waals surface area (Å²) < 4.78 is 10.7. The molecule has 0 aliphatic carbocycles. The fourth-order valence-corrected chi connectivity index (χ4v) is 2.80. The summed E-state index contributed by atoms with van der Waals surface area (Å²) >= 11 is 5.81. The molecular formula is C20H22ClN3O4. The fraction of sp³-hybridized carbons (Fsp3) is 0.300. The number of hydrogen-bond acceptors (Lipinski definition) is 5. The van der Waals surface area contributed by atoms with Gasteiger partial charge in [0.1, 0.15) is 5.75 Å². The van der Waals surface area contributed by atoms with Gasteiger partial charge in [-0.15, -0.1) is 0 Å². The van der Waals surface area contributed by atoms with Crippen LogP contribution in [-0.2, 0) is 14.3 Å². The van der Waals surface area contributed by atoms with Crippen molar-refractivity contribution in [3.8, 4) is 5.75 Å². The van der Waals surface area contributed by atoms with E-state index in [0.717, 1.165) is 13.1 Å². The van der Waals surface area contributed by atoms with Crippen LogP contribution < -0.4 is 15.4 Å². The van der Waals surface area contributed by atoms with Crippen molar-refractivity contribution >= 4 is 34.8 Å². The molecule has 1 aliphatic rings. The van der Waals surface area contributed by atoms with Crippen LogP contribution in [0.2, 0.25) is 5.02 Å². The maximum Gasteiger partial charge on any atom is 0.262 e. The summed E-state index contributed by atoms with van der Waals surface area (Å²) in [5.41, 5.74) is 1.30. The molecule has 8 heteroatoms. The van der Waals surface area contributed by atoms with Gasteiger partial charge in [-0.25, -0.2) is 0 Å². The topological polar surface area (TPSA) is 79.9 Å². The van der Waals surface area contributed by atoms with Crippen molar-refractivity contribution in [2.24, 2.45) is 0 Å². The molecule has 3 rings (SSSR count). The normalized spacial score (nSPS) is 14.3. The number of anilines is 2. The molecule has 0 radical (unpaired) electrons. The first-order valence-corrected chi connectivity index (χ1v) is 9.34. The molecule has 2 aromatic carbocycles. The molecule has 0 unspecified atom stereocenters. The Morgan fingerprint density at radius 1 is 0.929 bits per heavy atom. The number of morpholine rings is 1. The van der Waals surface area contributed by atoms with E-state index in [4.69, 9.17) is 21.1 Å². The first-order chi connectivity index (χ1) is 13.6. The Morgan fingerprint density at radius 2 is 1.50 bits per heavy atom. The number of ether oxygens (including phenoxy) is 2. The van der Waals surface area contributed by atoms with E-state index >= 15 is 0 Å². The van der Waals surface area contributed by atoms with Crippen molar-refractivity contribution < 1.29 is 19.1 Å². The highest BCUT2D eigenvalue weighted by Crippen LogP contribution is 2.16. The fourth-order valence-electron chi connectivity index (χ4n) is 2.68. The van der Waals surface area contributed by atoms with Crippen LogP contribution in [0.4, 0.5) is 11.4 Å². The van der Waals surface area contributed by atoms with E-state index in [1.165, 1.54) is 0 Å². The average molecular weight is 404 g/mol. The third-order valence-electron chi connectivity index (χ3n) is 4.11. The molecule has 0 spiro atoms. The van der Waals surface area contributed by atoms with Crippen LogP contribution in [0.25, 0.3) is 0 Å². The van der Waals surface area contributed by atoms with Crippen LogP contribution >= 0.6 is 11.6 Å². The van der Waals surface area contributed by atoms with E-state index in [9.17, 15) is 9.59 Å². The Labute approximate surface area is 168 Å². The molecule has 2 N–H and O–H groups in total. The van der Waals surface area contributed by atoms with Gasteiger partial charge in [0.15, 0.2) is 6.61 Å². The second-order valence-electron chi connectivity index (χ2n) is 6.30. The number of carbonyl (C=O) groups is 2. The molecule has 0 atom stereocenters. The zero-order valence-corrected chi connectivity index (χ0v) is 16.1. The summed E-state index contributed by atoms with van der Waals surface area (Å²) in [7, 11) is 0. The van der Waals surface area contributed by atoms with Gasteiger partial charge in [0, 0.05) is 29.5 Å². The van der Waals surface area contributed by atoms with Crippen LogP contribution in [0.1, 0.15) is 0 Å². The van der Waals surface area contributed by atoms with Gasteiger partial charge in [-0.3, -0.25) is 14.5 Å². The Morgan fingerprint density at radius 3 is 2.11 bits per heavy atom. The van der Waals surface area contributed by atoms with E-state index in [-0.39, 0.29) is 18.4 Å². The quantitative estimate of drug-likeness (QED) is 0.742. The number of hydrogen-bond donors (Lipinski definition) is 2. The lowest BCUT2D eigenvalue weighted by Gasteiger charge is -2.25. The van der Waals surface area contributed by atoms with E-state index in [1.54, 1.807) is 48.5 Å². The van der Waals surface area contributed by atoms with Crippen molar-refractivity contribution in [1.82, 2.24) is 4.90 Å². The van der Waals surface area contributed by atoms with Gasteiger partial charge in [-0.1, -0.05) is 11.6 Å². The lowest BCUT2D eigenvalue weighted by Crippen LogP contribution is -2.41. The smallest absolute Gasteiger partial charge is 0.262 e. The minimum atomic E-state index is -0.279. The minimum absolute atomic E-state index is 0.0740. The SMILES string of the molecule is O=C(COc1ccc(Cl)cc1)Nc1ccc(NC(=O)CN2CCOCC2)cc1. The minimum Gasteiger partial charge on any atom is -0.484 e. The molecule has 7 nitrogen and oxygen atoms in total. The first kappa shape index (κ1) is 20.1. The number of rotatable bonds is 7. The van der Waals surface area contributed by atoms with Gasteiger partial charge < -0.3 is 20.1 Å². The lowest BCUT2D eigenvalue weighted by atomic mass is 10.2. The Kier molecular flexibility index (Phi) is 7.25. The maximum absolute atomic E-state index is 12.1. The Bertz CT molecular complexity index is 790. The second-order valence-corrected chi connectivity index (χ2v) is 6.74. The summed E-state index contributed by atoms with van der Waals surface area (Å²) in [4.78, 5) is 26.1. The molecule has 0 bridgehead atoms. The molecule has 2 aromatic rings. The Hall–Kier alpha value is -2.61. The van der Waals surface area contributed by atoms with Crippen molar-refractivity contribution in [1.29, 1.82) is 0 Å². The maximum atomic E-state index is 12.1. The van der Waals surface area contributed by atoms with Crippen LogP contribution in [0.3, 0.4) is 0 Å². The van der Waals surface area contributed by atoms with Crippen LogP contribution in [0.5, 0.6) is 5.75 Å². The van der Waals surface area contributed by atoms with Crippen molar-refractivity contribution in [3.63, 3.8) is 0 Å². The molecule has 1 saturated heterocycles. The molecule has 0 saturated carbocycles. The van der Waals surface area contributed by atoms with E-state index in [0.29, 0.717) is 41.9 Å². The lowest BCUT2D eigenvalue weighted by molar-refractivity contribution is -0.119. The van der Waals surface area contributed by atoms with Crippen LogP contribution in [0.15, 0.2) is 48.5 Å². The standard InChI is InChI=1S/C20H22ClN3O4/c21-15-1-7-18(8-2-15)28-14-20(26)23-17-5-3-16(4-6-17)22-19(25)13-24-9-11-27-12-10-24/h1-8H,9-14H2,(H,22,25)(H,23,26). The first-order valence-electron chi connectivity index (χ1n) is 8.97. The van der Waals surface area contributed by atoms with Crippen LogP contribution in [-0.4, -0.2) is 56.2 Å². The number of carbonyl (C=O) groups excluding carboxylic acids is 2. The predicted octanol–water partition coefficient (Wildman–Crippen LogP) is 2.63. The average Bonchev–Trinajstić information content (AvgIpc) is 2.70. The van der Waals surface area contributed by atoms with Gasteiger partial charge in [-0.05, 0) is 48.5 Å².